The van der Waals surface area contributed by atoms with Crippen molar-refractivity contribution in [1.29, 1.82) is 0 Å². The van der Waals surface area contributed by atoms with Crippen molar-refractivity contribution in [3.63, 3.8) is 0 Å². The Morgan fingerprint density at radius 1 is 1.00 bits per heavy atom. The maximum absolute atomic E-state index is 12.9. The van der Waals surface area contributed by atoms with Crippen LogP contribution in [-0.4, -0.2) is 10.9 Å². The average Bonchev–Trinajstić information content (AvgIpc) is 2.47. The number of benzene rings is 2. The Kier molecular flexibility index (Phi) is 2.91. The highest BCUT2D eigenvalue weighted by Crippen LogP contribution is 2.22. The largest absolute Gasteiger partial charge is 0.366 e. The molecule has 0 aliphatic rings. The van der Waals surface area contributed by atoms with Crippen molar-refractivity contribution in [3.8, 4) is 11.3 Å². The van der Waals surface area contributed by atoms with Gasteiger partial charge in [-0.1, -0.05) is 12.1 Å². The van der Waals surface area contributed by atoms with Crippen molar-refractivity contribution < 1.29 is 9.18 Å². The zero-order chi connectivity index (χ0) is 14.1. The minimum Gasteiger partial charge on any atom is -0.366 e. The minimum absolute atomic E-state index is 0.287. The predicted molar refractivity (Wildman–Crippen MR) is 75.7 cm³/mol. The van der Waals surface area contributed by atoms with E-state index in [-0.39, 0.29) is 5.82 Å². The molecule has 0 saturated carbocycles. The quantitative estimate of drug-likeness (QED) is 0.774. The average molecular weight is 266 g/mol. The van der Waals surface area contributed by atoms with Crippen molar-refractivity contribution in [2.75, 3.05) is 0 Å². The summed E-state index contributed by atoms with van der Waals surface area (Å²) in [4.78, 5) is 15.7. The fraction of sp³-hybridized carbons (Fsp3) is 0. The van der Waals surface area contributed by atoms with Crippen molar-refractivity contribution >= 4 is 16.8 Å². The molecule has 98 valence electrons. The molecule has 20 heavy (non-hydrogen) atoms. The van der Waals surface area contributed by atoms with Crippen LogP contribution in [-0.2, 0) is 0 Å². The molecule has 3 nitrogen and oxygen atoms in total. The molecule has 1 aromatic heterocycles. The van der Waals surface area contributed by atoms with Crippen molar-refractivity contribution in [1.82, 2.24) is 4.98 Å². The second kappa shape index (κ2) is 4.74. The molecule has 3 aromatic rings. The molecule has 4 heteroatoms. The van der Waals surface area contributed by atoms with E-state index < -0.39 is 5.91 Å². The molecule has 2 aromatic carbocycles. The number of pyridine rings is 1. The van der Waals surface area contributed by atoms with Gasteiger partial charge in [-0.15, -0.1) is 0 Å². The van der Waals surface area contributed by atoms with Gasteiger partial charge in [-0.2, -0.15) is 0 Å². The summed E-state index contributed by atoms with van der Waals surface area (Å²) in [5, 5.41) is 0.917. The van der Waals surface area contributed by atoms with E-state index in [4.69, 9.17) is 5.73 Å². The van der Waals surface area contributed by atoms with Crippen LogP contribution in [0.1, 0.15) is 10.4 Å². The lowest BCUT2D eigenvalue weighted by atomic mass is 10.1. The summed E-state index contributed by atoms with van der Waals surface area (Å²) in [6.07, 6.45) is 0. The molecular weight excluding hydrogens is 255 g/mol. The number of primary amides is 1. The summed E-state index contributed by atoms with van der Waals surface area (Å²) in [5.74, 6) is -0.772. The standard InChI is InChI=1S/C16H11FN2O/c17-13-6-3-10(4-7-13)14-8-5-11-1-2-12(16(18)20)9-15(11)19-14/h1-9H,(H2,18,20). The van der Waals surface area contributed by atoms with E-state index in [1.807, 2.05) is 12.1 Å². The molecule has 0 aliphatic heterocycles. The van der Waals surface area contributed by atoms with Gasteiger partial charge in [-0.3, -0.25) is 4.79 Å². The molecule has 0 fully saturated rings. The molecule has 0 bridgehead atoms. The third-order valence-corrected chi connectivity index (χ3v) is 3.12. The van der Waals surface area contributed by atoms with Crippen LogP contribution in [0, 0.1) is 5.82 Å². The smallest absolute Gasteiger partial charge is 0.248 e. The Bertz CT molecular complexity index is 797. The number of hydrogen-bond acceptors (Lipinski definition) is 2. The van der Waals surface area contributed by atoms with Gasteiger partial charge < -0.3 is 5.73 Å². The van der Waals surface area contributed by atoms with Crippen LogP contribution in [0.25, 0.3) is 22.2 Å². The minimum atomic E-state index is -0.485. The van der Waals surface area contributed by atoms with Crippen LogP contribution in [0.2, 0.25) is 0 Å². The normalized spacial score (nSPS) is 10.7. The lowest BCUT2D eigenvalue weighted by molar-refractivity contribution is 0.100. The van der Waals surface area contributed by atoms with E-state index in [9.17, 15) is 9.18 Å². The molecule has 1 amide bonds. The fourth-order valence-corrected chi connectivity index (χ4v) is 2.05. The van der Waals surface area contributed by atoms with E-state index in [0.717, 1.165) is 16.6 Å². The number of nitrogens with two attached hydrogens (primary N) is 1. The predicted octanol–water partition coefficient (Wildman–Crippen LogP) is 3.14. The summed E-state index contributed by atoms with van der Waals surface area (Å²) in [5.41, 5.74) is 7.90. The first-order valence-corrected chi connectivity index (χ1v) is 6.10. The number of rotatable bonds is 2. The van der Waals surface area contributed by atoms with E-state index >= 15 is 0 Å². The third-order valence-electron chi connectivity index (χ3n) is 3.12. The van der Waals surface area contributed by atoms with E-state index in [1.165, 1.54) is 12.1 Å². The van der Waals surface area contributed by atoms with Crippen LogP contribution in [0.3, 0.4) is 0 Å². The highest BCUT2D eigenvalue weighted by Gasteiger charge is 2.05. The molecule has 0 aliphatic carbocycles. The molecule has 0 spiro atoms. The van der Waals surface area contributed by atoms with Gasteiger partial charge in [0.15, 0.2) is 0 Å². The van der Waals surface area contributed by atoms with Crippen LogP contribution < -0.4 is 5.73 Å². The van der Waals surface area contributed by atoms with Crippen LogP contribution in [0.4, 0.5) is 4.39 Å². The van der Waals surface area contributed by atoms with Gasteiger partial charge in [0, 0.05) is 16.5 Å². The van der Waals surface area contributed by atoms with E-state index in [1.54, 1.807) is 30.3 Å². The van der Waals surface area contributed by atoms with Gasteiger partial charge in [0.2, 0.25) is 5.91 Å². The van der Waals surface area contributed by atoms with E-state index in [2.05, 4.69) is 4.98 Å². The number of hydrogen-bond donors (Lipinski definition) is 1. The summed E-state index contributed by atoms with van der Waals surface area (Å²) < 4.78 is 12.9. The summed E-state index contributed by atoms with van der Waals surface area (Å²) in [6.45, 7) is 0. The lowest BCUT2D eigenvalue weighted by Crippen LogP contribution is -2.10. The number of fused-ring (bicyclic) bond motifs is 1. The van der Waals surface area contributed by atoms with Crippen LogP contribution >= 0.6 is 0 Å². The number of halogens is 1. The maximum Gasteiger partial charge on any atom is 0.248 e. The third kappa shape index (κ3) is 2.23. The van der Waals surface area contributed by atoms with Gasteiger partial charge in [0.1, 0.15) is 5.82 Å². The molecule has 0 atom stereocenters. The topological polar surface area (TPSA) is 56.0 Å². The molecule has 0 unspecified atom stereocenters. The zero-order valence-corrected chi connectivity index (χ0v) is 10.5. The molecular formula is C16H11FN2O. The highest BCUT2D eigenvalue weighted by molar-refractivity contribution is 5.97. The fourth-order valence-electron chi connectivity index (χ4n) is 2.05. The van der Waals surface area contributed by atoms with Gasteiger partial charge in [-0.25, -0.2) is 9.37 Å². The first kappa shape index (κ1) is 12.3. The first-order valence-electron chi connectivity index (χ1n) is 6.10. The van der Waals surface area contributed by atoms with Crippen molar-refractivity contribution in [2.24, 2.45) is 5.73 Å². The molecule has 3 rings (SSSR count). The number of nitrogens with zero attached hydrogens (tertiary/aromatic N) is 1. The molecule has 1 heterocycles. The van der Waals surface area contributed by atoms with Crippen molar-refractivity contribution in [2.45, 2.75) is 0 Å². The molecule has 0 saturated heterocycles. The van der Waals surface area contributed by atoms with Gasteiger partial charge in [0.05, 0.1) is 11.2 Å². The van der Waals surface area contributed by atoms with Gasteiger partial charge in [-0.05, 0) is 42.5 Å². The Balaban J connectivity index is 2.13. The van der Waals surface area contributed by atoms with Gasteiger partial charge >= 0.3 is 0 Å². The molecule has 0 radical (unpaired) electrons. The number of carbonyl (C=O) groups is 1. The second-order valence-electron chi connectivity index (χ2n) is 4.48. The number of carbonyl (C=O) groups excluding carboxylic acids is 1. The van der Waals surface area contributed by atoms with Crippen LogP contribution in [0.15, 0.2) is 54.6 Å². The maximum atomic E-state index is 12.9. The Morgan fingerprint density at radius 3 is 2.40 bits per heavy atom. The highest BCUT2D eigenvalue weighted by atomic mass is 19.1. The Morgan fingerprint density at radius 2 is 1.70 bits per heavy atom. The summed E-state index contributed by atoms with van der Waals surface area (Å²) in [6, 6.07) is 15.0. The number of aromatic nitrogens is 1. The summed E-state index contributed by atoms with van der Waals surface area (Å²) in [7, 11) is 0. The first-order chi connectivity index (χ1) is 9.63. The van der Waals surface area contributed by atoms with E-state index in [0.29, 0.717) is 11.1 Å². The van der Waals surface area contributed by atoms with Gasteiger partial charge in [0.25, 0.3) is 0 Å². The van der Waals surface area contributed by atoms with Crippen LogP contribution in [0.5, 0.6) is 0 Å². The van der Waals surface area contributed by atoms with Crippen molar-refractivity contribution in [3.05, 3.63) is 66.0 Å². The Labute approximate surface area is 114 Å². The summed E-state index contributed by atoms with van der Waals surface area (Å²) >= 11 is 0. The SMILES string of the molecule is NC(=O)c1ccc2ccc(-c3ccc(F)cc3)nc2c1. The Hall–Kier alpha value is -2.75. The second-order valence-corrected chi connectivity index (χ2v) is 4.48. The molecule has 2 N–H and O–H groups in total. The monoisotopic (exact) mass is 266 g/mol. The zero-order valence-electron chi connectivity index (χ0n) is 10.5. The number of amides is 1. The lowest BCUT2D eigenvalue weighted by Gasteiger charge is -2.04.